The average molecular weight is 402 g/mol. The van der Waals surface area contributed by atoms with Crippen LogP contribution < -0.4 is 5.32 Å². The molecule has 3 amide bonds. The lowest BCUT2D eigenvalue weighted by Crippen LogP contribution is -2.37. The number of hydrogen-bond donors (Lipinski definition) is 1. The second kappa shape index (κ2) is 9.21. The van der Waals surface area contributed by atoms with E-state index in [1.807, 2.05) is 15.4 Å². The zero-order valence-corrected chi connectivity index (χ0v) is 17.8. The second-order valence-corrected chi connectivity index (χ2v) is 7.60. The Morgan fingerprint density at radius 3 is 2.66 bits per heavy atom. The van der Waals surface area contributed by atoms with Gasteiger partial charge in [-0.1, -0.05) is 13.8 Å². The fourth-order valence-electron chi connectivity index (χ4n) is 3.72. The summed E-state index contributed by atoms with van der Waals surface area (Å²) in [5, 5.41) is 11.6. The van der Waals surface area contributed by atoms with Crippen molar-refractivity contribution < 1.29 is 9.59 Å². The monoisotopic (exact) mass is 401 g/mol. The summed E-state index contributed by atoms with van der Waals surface area (Å²) < 4.78 is 1.88. The molecule has 1 unspecified atom stereocenters. The molecule has 0 radical (unpaired) electrons. The smallest absolute Gasteiger partial charge is 0.319 e. The number of fused-ring (bicyclic) bond motifs is 1. The quantitative estimate of drug-likeness (QED) is 0.755. The molecule has 0 aromatic carbocycles. The highest BCUT2D eigenvalue weighted by Crippen LogP contribution is 2.27. The predicted molar refractivity (Wildman–Crippen MR) is 111 cm³/mol. The lowest BCUT2D eigenvalue weighted by molar-refractivity contribution is 0.0948. The highest BCUT2D eigenvalue weighted by molar-refractivity contribution is 5.94. The molecule has 0 saturated carbocycles. The Morgan fingerprint density at radius 2 is 1.97 bits per heavy atom. The maximum atomic E-state index is 12.6. The van der Waals surface area contributed by atoms with Crippen LogP contribution >= 0.6 is 0 Å². The number of rotatable bonds is 7. The number of pyridine rings is 1. The minimum atomic E-state index is -0.102. The lowest BCUT2D eigenvalue weighted by atomic mass is 10.1. The summed E-state index contributed by atoms with van der Waals surface area (Å²) in [6, 6.07) is 3.60. The summed E-state index contributed by atoms with van der Waals surface area (Å²) in [5.74, 6) is 0.802. The normalized spacial score (nSPS) is 16.6. The largest absolute Gasteiger partial charge is 0.351 e. The number of aromatic nitrogens is 3. The van der Waals surface area contributed by atoms with Gasteiger partial charge in [-0.3, -0.25) is 9.20 Å². The van der Waals surface area contributed by atoms with Crippen molar-refractivity contribution in [2.45, 2.75) is 26.2 Å². The third-order valence-electron chi connectivity index (χ3n) is 5.51. The first-order valence-corrected chi connectivity index (χ1v) is 10.3. The van der Waals surface area contributed by atoms with Crippen LogP contribution in [0.3, 0.4) is 0 Å². The van der Waals surface area contributed by atoms with Gasteiger partial charge in [0.1, 0.15) is 5.82 Å². The number of amides is 3. The maximum Gasteiger partial charge on any atom is 0.319 e. The van der Waals surface area contributed by atoms with Crippen LogP contribution in [0.4, 0.5) is 4.79 Å². The van der Waals surface area contributed by atoms with Gasteiger partial charge in [-0.25, -0.2) is 4.79 Å². The van der Waals surface area contributed by atoms with Gasteiger partial charge in [-0.2, -0.15) is 0 Å². The zero-order valence-electron chi connectivity index (χ0n) is 17.8. The molecule has 0 bridgehead atoms. The van der Waals surface area contributed by atoms with Crippen molar-refractivity contribution in [3.63, 3.8) is 0 Å². The molecule has 1 aliphatic rings. The van der Waals surface area contributed by atoms with Gasteiger partial charge in [0.15, 0.2) is 5.65 Å². The summed E-state index contributed by atoms with van der Waals surface area (Å²) >= 11 is 0. The molecule has 9 nitrogen and oxygen atoms in total. The van der Waals surface area contributed by atoms with Gasteiger partial charge < -0.3 is 20.0 Å². The molecule has 1 N–H and O–H groups in total. The first-order valence-electron chi connectivity index (χ1n) is 10.3. The topological polar surface area (TPSA) is 86.1 Å². The van der Waals surface area contributed by atoms with Crippen molar-refractivity contribution in [3.8, 4) is 0 Å². The van der Waals surface area contributed by atoms with E-state index in [4.69, 9.17) is 0 Å². The van der Waals surface area contributed by atoms with Crippen LogP contribution in [0, 0.1) is 0 Å². The fourth-order valence-corrected chi connectivity index (χ4v) is 3.72. The SMILES string of the molecule is CCN(CC)CCNC(=O)c1ccc2nnc(C3CCN(C(=O)N(C)C)C3)n2c1. The van der Waals surface area contributed by atoms with E-state index in [0.29, 0.717) is 30.8 Å². The van der Waals surface area contributed by atoms with Crippen molar-refractivity contribution in [3.05, 3.63) is 29.7 Å². The fraction of sp³-hybridized carbons (Fsp3) is 0.600. The molecule has 3 rings (SSSR count). The minimum absolute atomic E-state index is 0.00888. The summed E-state index contributed by atoms with van der Waals surface area (Å²) in [4.78, 5) is 30.5. The third kappa shape index (κ3) is 4.67. The molecule has 29 heavy (non-hydrogen) atoms. The number of hydrogen-bond acceptors (Lipinski definition) is 5. The Labute approximate surface area is 171 Å². The number of nitrogens with zero attached hydrogens (tertiary/aromatic N) is 6. The van der Waals surface area contributed by atoms with Crippen molar-refractivity contribution in [1.29, 1.82) is 0 Å². The molecule has 2 aromatic rings. The summed E-state index contributed by atoms with van der Waals surface area (Å²) in [7, 11) is 3.51. The number of urea groups is 1. The first kappa shape index (κ1) is 21.0. The molecule has 1 atom stereocenters. The molecule has 2 aromatic heterocycles. The number of carbonyl (C=O) groups is 2. The summed E-state index contributed by atoms with van der Waals surface area (Å²) in [6.45, 7) is 8.91. The van der Waals surface area contributed by atoms with Crippen LogP contribution in [-0.2, 0) is 0 Å². The Hall–Kier alpha value is -2.68. The summed E-state index contributed by atoms with van der Waals surface area (Å²) in [5.41, 5.74) is 1.29. The maximum absolute atomic E-state index is 12.6. The molecule has 9 heteroatoms. The van der Waals surface area contributed by atoms with Crippen molar-refractivity contribution in [2.24, 2.45) is 0 Å². The molecule has 1 saturated heterocycles. The number of nitrogens with one attached hydrogen (secondary N) is 1. The van der Waals surface area contributed by atoms with E-state index >= 15 is 0 Å². The molecule has 0 spiro atoms. The Morgan fingerprint density at radius 1 is 1.21 bits per heavy atom. The zero-order chi connectivity index (χ0) is 21.0. The van der Waals surface area contributed by atoms with Crippen LogP contribution in [0.15, 0.2) is 18.3 Å². The molecule has 1 fully saturated rings. The Balaban J connectivity index is 1.70. The van der Waals surface area contributed by atoms with E-state index in [-0.39, 0.29) is 17.9 Å². The average Bonchev–Trinajstić information content (AvgIpc) is 3.36. The number of carbonyl (C=O) groups excluding carboxylic acids is 2. The third-order valence-corrected chi connectivity index (χ3v) is 5.51. The van der Waals surface area contributed by atoms with Gasteiger partial charge in [0.05, 0.1) is 5.56 Å². The van der Waals surface area contributed by atoms with Crippen molar-refractivity contribution >= 4 is 17.6 Å². The van der Waals surface area contributed by atoms with Gasteiger partial charge >= 0.3 is 6.03 Å². The standard InChI is InChI=1S/C20H31N7O2/c1-5-25(6-2)12-10-21-19(28)16-7-8-17-22-23-18(27(17)14-16)15-9-11-26(13-15)20(29)24(3)4/h7-8,14-15H,5-6,9-13H2,1-4H3,(H,21,28). The van der Waals surface area contributed by atoms with Crippen molar-refractivity contribution in [2.75, 3.05) is 53.4 Å². The minimum Gasteiger partial charge on any atom is -0.351 e. The highest BCUT2D eigenvalue weighted by Gasteiger charge is 2.31. The van der Waals surface area contributed by atoms with Gasteiger partial charge in [0, 0.05) is 52.4 Å². The van der Waals surface area contributed by atoms with E-state index in [2.05, 4.69) is 34.3 Å². The van der Waals surface area contributed by atoms with Crippen LogP contribution in [-0.4, -0.2) is 94.6 Å². The van der Waals surface area contributed by atoms with Gasteiger partial charge in [0.2, 0.25) is 0 Å². The van der Waals surface area contributed by atoms with Crippen LogP contribution in [0.25, 0.3) is 5.65 Å². The van der Waals surface area contributed by atoms with Crippen LogP contribution in [0.2, 0.25) is 0 Å². The second-order valence-electron chi connectivity index (χ2n) is 7.60. The molecule has 0 aliphatic carbocycles. The molecule has 158 valence electrons. The van der Waals surface area contributed by atoms with E-state index < -0.39 is 0 Å². The predicted octanol–water partition coefficient (Wildman–Crippen LogP) is 1.27. The van der Waals surface area contributed by atoms with Gasteiger partial charge in [0.25, 0.3) is 5.91 Å². The van der Waals surface area contributed by atoms with Crippen LogP contribution in [0.1, 0.15) is 42.4 Å². The number of likely N-dealkylation sites (tertiary alicyclic amines) is 1. The lowest BCUT2D eigenvalue weighted by Gasteiger charge is -2.21. The van der Waals surface area contributed by atoms with E-state index in [1.54, 1.807) is 31.3 Å². The van der Waals surface area contributed by atoms with Crippen molar-refractivity contribution in [1.82, 2.24) is 34.6 Å². The first-order chi connectivity index (χ1) is 13.9. The van der Waals surface area contributed by atoms with Gasteiger partial charge in [-0.05, 0) is 31.6 Å². The van der Waals surface area contributed by atoms with Gasteiger partial charge in [-0.15, -0.1) is 10.2 Å². The summed E-state index contributed by atoms with van der Waals surface area (Å²) in [6.07, 6.45) is 2.63. The molecule has 3 heterocycles. The Kier molecular flexibility index (Phi) is 6.68. The molecular weight excluding hydrogens is 370 g/mol. The van der Waals surface area contributed by atoms with E-state index in [1.165, 1.54) is 0 Å². The van der Waals surface area contributed by atoms with E-state index in [9.17, 15) is 9.59 Å². The molecular formula is C20H31N7O2. The molecule has 1 aliphatic heterocycles. The van der Waals surface area contributed by atoms with Crippen LogP contribution in [0.5, 0.6) is 0 Å². The Bertz CT molecular complexity index is 860. The highest BCUT2D eigenvalue weighted by atomic mass is 16.2. The van der Waals surface area contributed by atoms with E-state index in [0.717, 1.165) is 31.9 Å². The number of likely N-dealkylation sites (N-methyl/N-ethyl adjacent to an activating group) is 1.